The Morgan fingerprint density at radius 3 is 2.40 bits per heavy atom. The van der Waals surface area contributed by atoms with Crippen LogP contribution in [-0.4, -0.2) is 5.91 Å². The first kappa shape index (κ1) is 17.3. The van der Waals surface area contributed by atoms with E-state index < -0.39 is 0 Å². The standard InChI is InChI=1S/C20H18BrNO3/c1-13-4-3-5-14(2)19(13)22-20(23)18-11-10-17(25-18)12-24-16-8-6-15(21)7-9-16/h3-11H,12H2,1-2H3,(H,22,23). The van der Waals surface area contributed by atoms with Gasteiger partial charge in [-0.05, 0) is 61.4 Å². The fourth-order valence-electron chi connectivity index (χ4n) is 2.45. The summed E-state index contributed by atoms with van der Waals surface area (Å²) in [6.07, 6.45) is 0. The van der Waals surface area contributed by atoms with Crippen molar-refractivity contribution in [1.29, 1.82) is 0 Å². The molecular weight excluding hydrogens is 382 g/mol. The second-order valence-corrected chi connectivity index (χ2v) is 6.65. The summed E-state index contributed by atoms with van der Waals surface area (Å²) < 4.78 is 12.2. The Bertz CT molecular complexity index is 864. The molecule has 1 amide bonds. The predicted octanol–water partition coefficient (Wildman–Crippen LogP) is 5.49. The molecule has 3 aromatic rings. The first-order chi connectivity index (χ1) is 12.0. The molecule has 0 unspecified atom stereocenters. The van der Waals surface area contributed by atoms with Crippen molar-refractivity contribution in [1.82, 2.24) is 0 Å². The maximum absolute atomic E-state index is 12.4. The molecule has 0 atom stereocenters. The Hall–Kier alpha value is -2.53. The Balaban J connectivity index is 1.64. The summed E-state index contributed by atoms with van der Waals surface area (Å²) in [4.78, 5) is 12.4. The largest absolute Gasteiger partial charge is 0.486 e. The van der Waals surface area contributed by atoms with Gasteiger partial charge < -0.3 is 14.5 Å². The van der Waals surface area contributed by atoms with Crippen LogP contribution in [0.1, 0.15) is 27.4 Å². The van der Waals surface area contributed by atoms with Crippen LogP contribution in [0, 0.1) is 13.8 Å². The van der Waals surface area contributed by atoms with E-state index in [0.717, 1.165) is 27.0 Å². The van der Waals surface area contributed by atoms with E-state index in [1.807, 2.05) is 56.3 Å². The number of amides is 1. The van der Waals surface area contributed by atoms with Crippen LogP contribution < -0.4 is 10.1 Å². The van der Waals surface area contributed by atoms with Gasteiger partial charge in [0.15, 0.2) is 5.76 Å². The van der Waals surface area contributed by atoms with Gasteiger partial charge in [-0.25, -0.2) is 0 Å². The molecule has 128 valence electrons. The number of ether oxygens (including phenoxy) is 1. The van der Waals surface area contributed by atoms with E-state index in [1.54, 1.807) is 12.1 Å². The monoisotopic (exact) mass is 399 g/mol. The molecule has 0 fully saturated rings. The van der Waals surface area contributed by atoms with Crippen LogP contribution in [0.5, 0.6) is 5.75 Å². The minimum absolute atomic E-state index is 0.261. The van der Waals surface area contributed by atoms with Crippen LogP contribution >= 0.6 is 15.9 Å². The van der Waals surface area contributed by atoms with Gasteiger partial charge in [-0.2, -0.15) is 0 Å². The fourth-order valence-corrected chi connectivity index (χ4v) is 2.71. The number of furan rings is 1. The lowest BCUT2D eigenvalue weighted by Crippen LogP contribution is -2.13. The van der Waals surface area contributed by atoms with Crippen molar-refractivity contribution in [3.8, 4) is 5.75 Å². The maximum atomic E-state index is 12.4. The zero-order valence-electron chi connectivity index (χ0n) is 14.0. The molecule has 0 radical (unpaired) electrons. The molecule has 1 N–H and O–H groups in total. The van der Waals surface area contributed by atoms with Gasteiger partial charge >= 0.3 is 0 Å². The van der Waals surface area contributed by atoms with E-state index in [1.165, 1.54) is 0 Å². The van der Waals surface area contributed by atoms with Gasteiger partial charge in [-0.1, -0.05) is 34.1 Å². The van der Waals surface area contributed by atoms with Gasteiger partial charge in [-0.15, -0.1) is 0 Å². The van der Waals surface area contributed by atoms with Gasteiger partial charge in [-0.3, -0.25) is 4.79 Å². The first-order valence-electron chi connectivity index (χ1n) is 7.87. The lowest BCUT2D eigenvalue weighted by Gasteiger charge is -2.10. The predicted molar refractivity (Wildman–Crippen MR) is 101 cm³/mol. The number of anilines is 1. The highest BCUT2D eigenvalue weighted by molar-refractivity contribution is 9.10. The highest BCUT2D eigenvalue weighted by atomic mass is 79.9. The first-order valence-corrected chi connectivity index (χ1v) is 8.67. The Morgan fingerprint density at radius 1 is 1.04 bits per heavy atom. The van der Waals surface area contributed by atoms with Crippen LogP contribution in [0.15, 0.2) is 63.5 Å². The summed E-state index contributed by atoms with van der Waals surface area (Å²) in [5, 5.41) is 2.91. The number of para-hydroxylation sites is 1. The van der Waals surface area contributed by atoms with Crippen molar-refractivity contribution in [2.24, 2.45) is 0 Å². The van der Waals surface area contributed by atoms with E-state index in [9.17, 15) is 4.79 Å². The fraction of sp³-hybridized carbons (Fsp3) is 0.150. The van der Waals surface area contributed by atoms with Gasteiger partial charge in [0.25, 0.3) is 5.91 Å². The lowest BCUT2D eigenvalue weighted by atomic mass is 10.1. The molecule has 3 rings (SSSR count). The van der Waals surface area contributed by atoms with E-state index in [2.05, 4.69) is 21.2 Å². The number of hydrogen-bond donors (Lipinski definition) is 1. The number of aryl methyl sites for hydroxylation is 2. The molecule has 0 aliphatic carbocycles. The zero-order valence-corrected chi connectivity index (χ0v) is 15.6. The van der Waals surface area contributed by atoms with E-state index in [0.29, 0.717) is 5.76 Å². The molecule has 0 spiro atoms. The molecule has 0 bridgehead atoms. The molecule has 4 nitrogen and oxygen atoms in total. The van der Waals surface area contributed by atoms with Crippen LogP contribution in [0.2, 0.25) is 0 Å². The smallest absolute Gasteiger partial charge is 0.291 e. The van der Waals surface area contributed by atoms with Crippen LogP contribution in [0.4, 0.5) is 5.69 Å². The minimum Gasteiger partial charge on any atom is -0.486 e. The van der Waals surface area contributed by atoms with Crippen LogP contribution in [0.25, 0.3) is 0 Å². The maximum Gasteiger partial charge on any atom is 0.291 e. The van der Waals surface area contributed by atoms with Gasteiger partial charge in [0.05, 0.1) is 0 Å². The van der Waals surface area contributed by atoms with Crippen molar-refractivity contribution in [3.63, 3.8) is 0 Å². The third-order valence-electron chi connectivity index (χ3n) is 3.80. The third kappa shape index (κ3) is 4.31. The van der Waals surface area contributed by atoms with E-state index in [-0.39, 0.29) is 18.3 Å². The summed E-state index contributed by atoms with van der Waals surface area (Å²) in [7, 11) is 0. The summed E-state index contributed by atoms with van der Waals surface area (Å²) in [6, 6.07) is 16.8. The quantitative estimate of drug-likeness (QED) is 0.616. The Morgan fingerprint density at radius 2 is 1.72 bits per heavy atom. The average Bonchev–Trinajstić information content (AvgIpc) is 3.07. The third-order valence-corrected chi connectivity index (χ3v) is 4.33. The second-order valence-electron chi connectivity index (χ2n) is 5.73. The van der Waals surface area contributed by atoms with Crippen LogP contribution in [0.3, 0.4) is 0 Å². The second kappa shape index (κ2) is 7.57. The van der Waals surface area contributed by atoms with Crippen LogP contribution in [-0.2, 0) is 6.61 Å². The molecule has 1 aromatic heterocycles. The topological polar surface area (TPSA) is 51.5 Å². The normalized spacial score (nSPS) is 10.5. The molecule has 2 aromatic carbocycles. The highest BCUT2D eigenvalue weighted by Crippen LogP contribution is 2.21. The van der Waals surface area contributed by atoms with Crippen molar-refractivity contribution in [2.75, 3.05) is 5.32 Å². The molecule has 0 aliphatic rings. The van der Waals surface area contributed by atoms with Gasteiger partial charge in [0.2, 0.25) is 0 Å². The van der Waals surface area contributed by atoms with Gasteiger partial charge in [0.1, 0.15) is 18.1 Å². The molecule has 0 aliphatic heterocycles. The summed E-state index contributed by atoms with van der Waals surface area (Å²) >= 11 is 3.38. The number of benzene rings is 2. The van der Waals surface area contributed by atoms with Crippen molar-refractivity contribution >= 4 is 27.5 Å². The molecule has 25 heavy (non-hydrogen) atoms. The Labute approximate surface area is 154 Å². The number of carbonyl (C=O) groups is 1. The minimum atomic E-state index is -0.271. The van der Waals surface area contributed by atoms with E-state index in [4.69, 9.17) is 9.15 Å². The summed E-state index contributed by atoms with van der Waals surface area (Å²) in [5.41, 5.74) is 2.84. The summed E-state index contributed by atoms with van der Waals surface area (Å²) in [6.45, 7) is 4.18. The number of halogens is 1. The summed E-state index contributed by atoms with van der Waals surface area (Å²) in [5.74, 6) is 1.32. The highest BCUT2D eigenvalue weighted by Gasteiger charge is 2.14. The number of rotatable bonds is 5. The lowest BCUT2D eigenvalue weighted by molar-refractivity contribution is 0.0992. The number of hydrogen-bond acceptors (Lipinski definition) is 3. The zero-order chi connectivity index (χ0) is 17.8. The molecule has 5 heteroatoms. The van der Waals surface area contributed by atoms with Crippen molar-refractivity contribution in [2.45, 2.75) is 20.5 Å². The molecule has 0 saturated carbocycles. The van der Waals surface area contributed by atoms with E-state index >= 15 is 0 Å². The number of nitrogens with one attached hydrogen (secondary N) is 1. The molecular formula is C20H18BrNO3. The average molecular weight is 400 g/mol. The number of carbonyl (C=O) groups excluding carboxylic acids is 1. The molecule has 1 heterocycles. The van der Waals surface area contributed by atoms with Crippen molar-refractivity contribution < 1.29 is 13.9 Å². The molecule has 0 saturated heterocycles. The SMILES string of the molecule is Cc1cccc(C)c1NC(=O)c1ccc(COc2ccc(Br)cc2)o1. The van der Waals surface area contributed by atoms with Crippen molar-refractivity contribution in [3.05, 3.63) is 81.7 Å². The van der Waals surface area contributed by atoms with Gasteiger partial charge in [0, 0.05) is 10.2 Å². The Kier molecular flexibility index (Phi) is 5.24.